The topological polar surface area (TPSA) is 0 Å². The molecule has 0 radical (unpaired) electrons. The van der Waals surface area contributed by atoms with Gasteiger partial charge in [-0.3, -0.25) is 0 Å². The summed E-state index contributed by atoms with van der Waals surface area (Å²) >= 11 is 5.32. The minimum absolute atomic E-state index is 1.14. The van der Waals surface area contributed by atoms with Crippen molar-refractivity contribution in [2.24, 2.45) is 0 Å². The lowest BCUT2D eigenvalue weighted by atomic mass is 10.2. The fraction of sp³-hybridized carbons (Fsp3) is 0.250. The number of rotatable bonds is 0. The SMILES string of the molecule is CC1=CCc2sc(Br)cc21. The van der Waals surface area contributed by atoms with Gasteiger partial charge in [0.05, 0.1) is 3.79 Å². The number of thiophene rings is 1. The molecule has 0 saturated carbocycles. The number of hydrogen-bond donors (Lipinski definition) is 0. The van der Waals surface area contributed by atoms with Crippen LogP contribution in [-0.2, 0) is 6.42 Å². The van der Waals surface area contributed by atoms with E-state index in [4.69, 9.17) is 0 Å². The first kappa shape index (κ1) is 6.62. The van der Waals surface area contributed by atoms with E-state index in [1.807, 2.05) is 11.3 Å². The Balaban J connectivity index is 2.59. The Labute approximate surface area is 72.7 Å². The van der Waals surface area contributed by atoms with Crippen LogP contribution in [0.5, 0.6) is 0 Å². The molecule has 10 heavy (non-hydrogen) atoms. The zero-order valence-electron chi connectivity index (χ0n) is 5.65. The fourth-order valence-corrected chi connectivity index (χ4v) is 2.96. The molecule has 0 fully saturated rings. The van der Waals surface area contributed by atoms with Gasteiger partial charge in [0.25, 0.3) is 0 Å². The fourth-order valence-electron chi connectivity index (χ4n) is 1.24. The predicted octanol–water partition coefficient (Wildman–Crippen LogP) is 3.47. The molecule has 0 atom stereocenters. The molecule has 0 aromatic carbocycles. The van der Waals surface area contributed by atoms with Gasteiger partial charge in [0.15, 0.2) is 0 Å². The summed E-state index contributed by atoms with van der Waals surface area (Å²) in [5.74, 6) is 0. The van der Waals surface area contributed by atoms with E-state index in [1.165, 1.54) is 19.8 Å². The summed E-state index contributed by atoms with van der Waals surface area (Å²) in [5, 5.41) is 0. The Morgan fingerprint density at radius 3 is 3.10 bits per heavy atom. The highest BCUT2D eigenvalue weighted by molar-refractivity contribution is 9.11. The summed E-state index contributed by atoms with van der Waals surface area (Å²) in [4.78, 5) is 1.50. The molecule has 0 unspecified atom stereocenters. The quantitative estimate of drug-likeness (QED) is 0.621. The van der Waals surface area contributed by atoms with Crippen molar-refractivity contribution in [3.8, 4) is 0 Å². The average Bonchev–Trinajstić information content (AvgIpc) is 2.35. The van der Waals surface area contributed by atoms with Crippen molar-refractivity contribution in [3.05, 3.63) is 26.4 Å². The molecule has 2 rings (SSSR count). The maximum absolute atomic E-state index is 3.48. The molecule has 2 heteroatoms. The van der Waals surface area contributed by atoms with E-state index in [9.17, 15) is 0 Å². The average molecular weight is 215 g/mol. The van der Waals surface area contributed by atoms with Crippen LogP contribution in [0.15, 0.2) is 15.9 Å². The Kier molecular flexibility index (Phi) is 1.46. The lowest BCUT2D eigenvalue weighted by Gasteiger charge is -1.87. The second-order valence-corrected chi connectivity index (χ2v) is 4.99. The second-order valence-electron chi connectivity index (χ2n) is 2.48. The Hall–Kier alpha value is -0.0800. The van der Waals surface area contributed by atoms with Crippen LogP contribution >= 0.6 is 27.3 Å². The molecule has 52 valence electrons. The molecule has 1 aliphatic rings. The van der Waals surface area contributed by atoms with E-state index in [-0.39, 0.29) is 0 Å². The standard InChI is InChI=1S/C8H7BrS/c1-5-2-3-7-6(5)4-8(9)10-7/h2,4H,3H2,1H3. The van der Waals surface area contributed by atoms with E-state index >= 15 is 0 Å². The molecule has 1 aromatic rings. The molecule has 1 aliphatic carbocycles. The van der Waals surface area contributed by atoms with Gasteiger partial charge in [0.2, 0.25) is 0 Å². The Bertz CT molecular complexity index is 296. The normalized spacial score (nSPS) is 15.2. The molecular weight excluding hydrogens is 208 g/mol. The van der Waals surface area contributed by atoms with Crippen molar-refractivity contribution in [3.63, 3.8) is 0 Å². The molecule has 1 aromatic heterocycles. The molecule has 0 saturated heterocycles. The first-order chi connectivity index (χ1) is 4.77. The summed E-state index contributed by atoms with van der Waals surface area (Å²) in [6.07, 6.45) is 3.42. The summed E-state index contributed by atoms with van der Waals surface area (Å²) < 4.78 is 1.25. The highest BCUT2D eigenvalue weighted by atomic mass is 79.9. The van der Waals surface area contributed by atoms with E-state index in [1.54, 1.807) is 0 Å². The van der Waals surface area contributed by atoms with Crippen LogP contribution in [0.3, 0.4) is 0 Å². The maximum atomic E-state index is 3.48. The van der Waals surface area contributed by atoms with Gasteiger partial charge < -0.3 is 0 Å². The van der Waals surface area contributed by atoms with Crippen molar-refractivity contribution in [1.29, 1.82) is 0 Å². The second kappa shape index (κ2) is 2.21. The summed E-state index contributed by atoms with van der Waals surface area (Å²) in [6, 6.07) is 2.21. The lowest BCUT2D eigenvalue weighted by Crippen LogP contribution is -1.68. The van der Waals surface area contributed by atoms with E-state index in [0.29, 0.717) is 0 Å². The van der Waals surface area contributed by atoms with Crippen molar-refractivity contribution in [2.75, 3.05) is 0 Å². The molecule has 0 bridgehead atoms. The molecule has 0 nitrogen and oxygen atoms in total. The molecule has 0 spiro atoms. The minimum Gasteiger partial charge on any atom is -0.132 e. The van der Waals surface area contributed by atoms with Gasteiger partial charge in [0, 0.05) is 11.3 Å². The van der Waals surface area contributed by atoms with Gasteiger partial charge >= 0.3 is 0 Å². The Morgan fingerprint density at radius 2 is 2.40 bits per heavy atom. The van der Waals surface area contributed by atoms with Gasteiger partial charge in [-0.1, -0.05) is 6.08 Å². The smallest absolute Gasteiger partial charge is 0.0707 e. The van der Waals surface area contributed by atoms with Crippen molar-refractivity contribution in [2.45, 2.75) is 13.3 Å². The summed E-state index contributed by atoms with van der Waals surface area (Å²) in [5.41, 5.74) is 2.87. The van der Waals surface area contributed by atoms with Gasteiger partial charge in [-0.05, 0) is 40.1 Å². The zero-order valence-corrected chi connectivity index (χ0v) is 8.05. The van der Waals surface area contributed by atoms with E-state index < -0.39 is 0 Å². The third-order valence-corrected chi connectivity index (χ3v) is 3.46. The van der Waals surface area contributed by atoms with Crippen LogP contribution in [0.2, 0.25) is 0 Å². The molecule has 0 aliphatic heterocycles. The van der Waals surface area contributed by atoms with Crippen LogP contribution in [0.25, 0.3) is 5.57 Å². The van der Waals surface area contributed by atoms with Crippen molar-refractivity contribution in [1.82, 2.24) is 0 Å². The number of hydrogen-bond acceptors (Lipinski definition) is 1. The third-order valence-electron chi connectivity index (χ3n) is 1.80. The van der Waals surface area contributed by atoms with Crippen LogP contribution in [-0.4, -0.2) is 0 Å². The summed E-state index contributed by atoms with van der Waals surface area (Å²) in [7, 11) is 0. The molecule has 0 amide bonds. The predicted molar refractivity (Wildman–Crippen MR) is 49.4 cm³/mol. The van der Waals surface area contributed by atoms with Gasteiger partial charge in [-0.2, -0.15) is 0 Å². The van der Waals surface area contributed by atoms with Crippen molar-refractivity contribution < 1.29 is 0 Å². The number of allylic oxidation sites excluding steroid dienone is 2. The van der Waals surface area contributed by atoms with Crippen LogP contribution in [0, 0.1) is 0 Å². The van der Waals surface area contributed by atoms with Crippen LogP contribution in [0.4, 0.5) is 0 Å². The van der Waals surface area contributed by atoms with E-state index in [2.05, 4.69) is 35.0 Å². The van der Waals surface area contributed by atoms with E-state index in [0.717, 1.165) is 6.42 Å². The number of halogens is 1. The highest BCUT2D eigenvalue weighted by Gasteiger charge is 2.12. The van der Waals surface area contributed by atoms with Crippen molar-refractivity contribution >= 4 is 32.8 Å². The van der Waals surface area contributed by atoms with Gasteiger partial charge in [-0.15, -0.1) is 11.3 Å². The summed E-state index contributed by atoms with van der Waals surface area (Å²) in [6.45, 7) is 2.17. The number of fused-ring (bicyclic) bond motifs is 1. The maximum Gasteiger partial charge on any atom is 0.0707 e. The largest absolute Gasteiger partial charge is 0.132 e. The highest BCUT2D eigenvalue weighted by Crippen LogP contribution is 2.36. The van der Waals surface area contributed by atoms with Crippen LogP contribution in [0.1, 0.15) is 17.4 Å². The first-order valence-corrected chi connectivity index (χ1v) is 4.83. The minimum atomic E-state index is 1.14. The molecule has 1 heterocycles. The first-order valence-electron chi connectivity index (χ1n) is 3.23. The monoisotopic (exact) mass is 214 g/mol. The Morgan fingerprint density at radius 1 is 1.60 bits per heavy atom. The lowest BCUT2D eigenvalue weighted by molar-refractivity contribution is 1.39. The third kappa shape index (κ3) is 0.867. The zero-order chi connectivity index (χ0) is 7.14. The van der Waals surface area contributed by atoms with Gasteiger partial charge in [0.1, 0.15) is 0 Å². The molecular formula is C8H7BrS. The van der Waals surface area contributed by atoms with Gasteiger partial charge in [-0.25, -0.2) is 0 Å². The van der Waals surface area contributed by atoms with Crippen LogP contribution < -0.4 is 0 Å². The molecule has 0 N–H and O–H groups in total.